The molecule has 1 unspecified atom stereocenters. The minimum Gasteiger partial charge on any atom is -0.444 e. The highest BCUT2D eigenvalue weighted by Gasteiger charge is 2.37. The Labute approximate surface area is 170 Å². The number of hydrogen-bond donors (Lipinski definition) is 0. The first kappa shape index (κ1) is 21.1. The number of carbonyl (C=O) groups excluding carboxylic acids is 1. The molecule has 28 heavy (non-hydrogen) atoms. The standard InChI is InChI=1S/C23H37N3O2/c1-18-17-25(22(27)28-23(2,3)4)15-16-26(18)21(19-9-7-6-8-10-19)20-11-13-24(5)14-12-20/h6-10,18,20-21H,11-17H2,1-5H3/t18-,21?/m0/s1. The van der Waals surface area contributed by atoms with Crippen LogP contribution < -0.4 is 0 Å². The quantitative estimate of drug-likeness (QED) is 0.785. The van der Waals surface area contributed by atoms with Gasteiger partial charge < -0.3 is 14.5 Å². The lowest BCUT2D eigenvalue weighted by molar-refractivity contribution is -0.0140. The number of rotatable bonds is 3. The van der Waals surface area contributed by atoms with Gasteiger partial charge in [0.25, 0.3) is 0 Å². The fraction of sp³-hybridized carbons (Fsp3) is 0.696. The van der Waals surface area contributed by atoms with Crippen molar-refractivity contribution in [3.8, 4) is 0 Å². The second kappa shape index (κ2) is 8.83. The molecule has 5 nitrogen and oxygen atoms in total. The van der Waals surface area contributed by atoms with Crippen LogP contribution in [0, 0.1) is 5.92 Å². The molecule has 0 saturated carbocycles. The largest absolute Gasteiger partial charge is 0.444 e. The molecule has 2 aliphatic rings. The summed E-state index contributed by atoms with van der Waals surface area (Å²) in [4.78, 5) is 19.5. The van der Waals surface area contributed by atoms with E-state index < -0.39 is 5.60 Å². The number of piperazine rings is 1. The first-order chi connectivity index (χ1) is 13.2. The first-order valence-corrected chi connectivity index (χ1v) is 10.7. The van der Waals surface area contributed by atoms with E-state index in [1.165, 1.54) is 31.5 Å². The number of carbonyl (C=O) groups is 1. The van der Waals surface area contributed by atoms with Gasteiger partial charge in [-0.1, -0.05) is 30.3 Å². The predicted octanol–water partition coefficient (Wildman–Crippen LogP) is 4.01. The van der Waals surface area contributed by atoms with E-state index in [2.05, 4.69) is 54.1 Å². The molecule has 2 saturated heterocycles. The molecule has 0 bridgehead atoms. The highest BCUT2D eigenvalue weighted by molar-refractivity contribution is 5.68. The van der Waals surface area contributed by atoms with E-state index in [9.17, 15) is 4.79 Å². The Hall–Kier alpha value is -1.59. The van der Waals surface area contributed by atoms with E-state index in [0.717, 1.165) is 19.6 Å². The second-order valence-corrected chi connectivity index (χ2v) is 9.51. The van der Waals surface area contributed by atoms with Crippen molar-refractivity contribution in [2.45, 2.75) is 58.2 Å². The average Bonchev–Trinajstić information content (AvgIpc) is 2.64. The Bertz CT molecular complexity index is 635. The van der Waals surface area contributed by atoms with Gasteiger partial charge in [-0.3, -0.25) is 4.90 Å². The summed E-state index contributed by atoms with van der Waals surface area (Å²) in [6.07, 6.45) is 2.28. The van der Waals surface area contributed by atoms with Crippen molar-refractivity contribution in [2.24, 2.45) is 5.92 Å². The maximum Gasteiger partial charge on any atom is 0.410 e. The minimum atomic E-state index is -0.446. The lowest BCUT2D eigenvalue weighted by atomic mass is 9.83. The smallest absolute Gasteiger partial charge is 0.410 e. The SMILES string of the molecule is C[C@H]1CN(C(=O)OC(C)(C)C)CCN1C(c1ccccc1)C1CCN(C)CC1. The fourth-order valence-corrected chi connectivity index (χ4v) is 4.61. The monoisotopic (exact) mass is 387 g/mol. The maximum atomic E-state index is 12.5. The Morgan fingerprint density at radius 3 is 2.29 bits per heavy atom. The average molecular weight is 388 g/mol. The summed E-state index contributed by atoms with van der Waals surface area (Å²) in [5.74, 6) is 0.661. The van der Waals surface area contributed by atoms with Crippen molar-refractivity contribution < 1.29 is 9.53 Å². The van der Waals surface area contributed by atoms with Crippen LogP contribution in [0.15, 0.2) is 30.3 Å². The molecular formula is C23H37N3O2. The van der Waals surface area contributed by atoms with Crippen LogP contribution >= 0.6 is 0 Å². The summed E-state index contributed by atoms with van der Waals surface area (Å²) in [6.45, 7) is 12.7. The Balaban J connectivity index is 1.73. The Morgan fingerprint density at radius 1 is 1.07 bits per heavy atom. The molecular weight excluding hydrogens is 350 g/mol. The zero-order valence-electron chi connectivity index (χ0n) is 18.2. The van der Waals surface area contributed by atoms with Gasteiger partial charge in [-0.05, 0) is 72.2 Å². The van der Waals surface area contributed by atoms with E-state index in [4.69, 9.17) is 4.74 Å². The fourth-order valence-electron chi connectivity index (χ4n) is 4.61. The van der Waals surface area contributed by atoms with Gasteiger partial charge in [-0.25, -0.2) is 4.79 Å². The molecule has 1 aromatic rings. The molecule has 0 N–H and O–H groups in total. The van der Waals surface area contributed by atoms with Crippen molar-refractivity contribution in [3.63, 3.8) is 0 Å². The van der Waals surface area contributed by atoms with Gasteiger partial charge in [0, 0.05) is 31.7 Å². The van der Waals surface area contributed by atoms with Gasteiger partial charge >= 0.3 is 6.09 Å². The highest BCUT2D eigenvalue weighted by Crippen LogP contribution is 2.37. The molecule has 0 aromatic heterocycles. The number of ether oxygens (including phenoxy) is 1. The number of amides is 1. The number of hydrogen-bond acceptors (Lipinski definition) is 4. The van der Waals surface area contributed by atoms with Crippen molar-refractivity contribution in [3.05, 3.63) is 35.9 Å². The number of piperidine rings is 1. The predicted molar refractivity (Wildman–Crippen MR) is 113 cm³/mol. The van der Waals surface area contributed by atoms with E-state index in [-0.39, 0.29) is 6.09 Å². The van der Waals surface area contributed by atoms with Gasteiger partial charge in [-0.2, -0.15) is 0 Å². The normalized spacial score (nSPS) is 24.2. The van der Waals surface area contributed by atoms with Crippen LogP contribution in [0.2, 0.25) is 0 Å². The van der Waals surface area contributed by atoms with Crippen LogP contribution in [0.4, 0.5) is 4.79 Å². The molecule has 0 spiro atoms. The van der Waals surface area contributed by atoms with Gasteiger partial charge in [0.05, 0.1) is 0 Å². The molecule has 1 amide bonds. The highest BCUT2D eigenvalue weighted by atomic mass is 16.6. The Morgan fingerprint density at radius 2 is 1.71 bits per heavy atom. The van der Waals surface area contributed by atoms with E-state index in [1.807, 2.05) is 25.7 Å². The maximum absolute atomic E-state index is 12.5. The van der Waals surface area contributed by atoms with Gasteiger partial charge in [0.2, 0.25) is 0 Å². The molecule has 2 fully saturated rings. The van der Waals surface area contributed by atoms with Crippen LogP contribution in [-0.4, -0.2) is 72.2 Å². The van der Waals surface area contributed by atoms with Crippen LogP contribution in [0.5, 0.6) is 0 Å². The van der Waals surface area contributed by atoms with Gasteiger partial charge in [-0.15, -0.1) is 0 Å². The van der Waals surface area contributed by atoms with Crippen molar-refractivity contribution in [1.29, 1.82) is 0 Å². The van der Waals surface area contributed by atoms with Crippen LogP contribution in [-0.2, 0) is 4.74 Å². The zero-order valence-corrected chi connectivity index (χ0v) is 18.2. The summed E-state index contributed by atoms with van der Waals surface area (Å²) in [5.41, 5.74) is 0.965. The summed E-state index contributed by atoms with van der Waals surface area (Å²) < 4.78 is 5.60. The van der Waals surface area contributed by atoms with E-state index >= 15 is 0 Å². The van der Waals surface area contributed by atoms with Gasteiger partial charge in [0.1, 0.15) is 5.60 Å². The lowest BCUT2D eigenvalue weighted by Crippen LogP contribution is -2.56. The summed E-state index contributed by atoms with van der Waals surface area (Å²) in [7, 11) is 2.22. The summed E-state index contributed by atoms with van der Waals surface area (Å²) in [5, 5.41) is 0. The van der Waals surface area contributed by atoms with E-state index in [1.54, 1.807) is 0 Å². The van der Waals surface area contributed by atoms with E-state index in [0.29, 0.717) is 18.0 Å². The number of likely N-dealkylation sites (tertiary alicyclic amines) is 1. The third-order valence-corrected chi connectivity index (χ3v) is 6.04. The molecule has 156 valence electrons. The summed E-state index contributed by atoms with van der Waals surface area (Å²) >= 11 is 0. The molecule has 5 heteroatoms. The second-order valence-electron chi connectivity index (χ2n) is 9.51. The minimum absolute atomic E-state index is 0.186. The summed E-state index contributed by atoms with van der Waals surface area (Å²) in [6, 6.07) is 11.7. The molecule has 1 aromatic carbocycles. The Kier molecular flexibility index (Phi) is 6.66. The topological polar surface area (TPSA) is 36.0 Å². The van der Waals surface area contributed by atoms with Gasteiger partial charge in [0.15, 0.2) is 0 Å². The van der Waals surface area contributed by atoms with Crippen LogP contribution in [0.25, 0.3) is 0 Å². The molecule has 3 rings (SSSR count). The third kappa shape index (κ3) is 5.26. The van der Waals surface area contributed by atoms with Crippen LogP contribution in [0.1, 0.15) is 52.1 Å². The third-order valence-electron chi connectivity index (χ3n) is 6.04. The lowest BCUT2D eigenvalue weighted by Gasteiger charge is -2.47. The van der Waals surface area contributed by atoms with Crippen molar-refractivity contribution >= 4 is 6.09 Å². The van der Waals surface area contributed by atoms with Crippen molar-refractivity contribution in [1.82, 2.24) is 14.7 Å². The van der Waals surface area contributed by atoms with Crippen molar-refractivity contribution in [2.75, 3.05) is 39.8 Å². The number of nitrogens with zero attached hydrogens (tertiary/aromatic N) is 3. The first-order valence-electron chi connectivity index (χ1n) is 10.7. The zero-order chi connectivity index (χ0) is 20.3. The van der Waals surface area contributed by atoms with Crippen LogP contribution in [0.3, 0.4) is 0 Å². The molecule has 2 heterocycles. The number of benzene rings is 1. The molecule has 2 aliphatic heterocycles. The molecule has 0 radical (unpaired) electrons. The molecule has 0 aliphatic carbocycles. The molecule has 2 atom stereocenters.